The van der Waals surface area contributed by atoms with Gasteiger partial charge in [-0.1, -0.05) is 0 Å². The van der Waals surface area contributed by atoms with Gasteiger partial charge in [0.15, 0.2) is 15.6 Å². The van der Waals surface area contributed by atoms with E-state index in [1.807, 2.05) is 0 Å². The van der Waals surface area contributed by atoms with Crippen molar-refractivity contribution in [2.75, 3.05) is 13.4 Å². The molecule has 0 unspecified atom stereocenters. The molecule has 0 bridgehead atoms. The van der Waals surface area contributed by atoms with Crippen molar-refractivity contribution in [3.05, 3.63) is 47.8 Å². The maximum Gasteiger partial charge on any atom is 0.186 e. The first-order valence-electron chi connectivity index (χ1n) is 6.41. The molecule has 7 heteroatoms. The number of hydrogen-bond donors (Lipinski definition) is 0. The summed E-state index contributed by atoms with van der Waals surface area (Å²) >= 11 is 0. The molecule has 0 fully saturated rings. The van der Waals surface area contributed by atoms with Gasteiger partial charge in [-0.3, -0.25) is 9.48 Å². The van der Waals surface area contributed by atoms with Gasteiger partial charge in [-0.15, -0.1) is 0 Å². The van der Waals surface area contributed by atoms with Crippen molar-refractivity contribution in [2.24, 2.45) is 7.05 Å². The number of aromatic nitrogens is 2. The van der Waals surface area contributed by atoms with Gasteiger partial charge in [-0.25, -0.2) is 8.42 Å². The monoisotopic (exact) mass is 320 g/mol. The number of ketones is 1. The molecule has 0 atom stereocenters. The second kappa shape index (κ2) is 6.15. The van der Waals surface area contributed by atoms with E-state index in [0.29, 0.717) is 5.56 Å². The average molecular weight is 320 g/mol. The van der Waals surface area contributed by atoms with Crippen LogP contribution in [0.25, 0.3) is 6.08 Å². The zero-order valence-electron chi connectivity index (χ0n) is 12.5. The SMILES string of the molecule is COc1cc(C(=O)/C=C\c2ccnn2C)ccc1S(C)(=O)=O. The highest BCUT2D eigenvalue weighted by molar-refractivity contribution is 7.90. The molecule has 22 heavy (non-hydrogen) atoms. The maximum atomic E-state index is 12.2. The Kier molecular flexibility index (Phi) is 4.46. The van der Waals surface area contributed by atoms with Crippen molar-refractivity contribution < 1.29 is 17.9 Å². The zero-order chi connectivity index (χ0) is 16.3. The van der Waals surface area contributed by atoms with Gasteiger partial charge in [0, 0.05) is 25.1 Å². The van der Waals surface area contributed by atoms with Crippen LogP contribution in [0.4, 0.5) is 0 Å². The van der Waals surface area contributed by atoms with Crippen molar-refractivity contribution in [3.8, 4) is 5.75 Å². The molecular formula is C15H16N2O4S. The average Bonchev–Trinajstić information content (AvgIpc) is 2.88. The van der Waals surface area contributed by atoms with E-state index in [-0.39, 0.29) is 16.4 Å². The standard InChI is InChI=1S/C15H16N2O4S/c1-17-12(8-9-16-17)5-6-13(18)11-4-7-15(22(3,19)20)14(10-11)21-2/h4-10H,1-3H3/b6-5-. The number of sulfone groups is 1. The molecule has 0 amide bonds. The second-order valence-electron chi connectivity index (χ2n) is 4.72. The minimum atomic E-state index is -3.41. The number of benzene rings is 1. The van der Waals surface area contributed by atoms with Gasteiger partial charge >= 0.3 is 0 Å². The Balaban J connectivity index is 2.31. The van der Waals surface area contributed by atoms with Gasteiger partial charge in [0.1, 0.15) is 10.6 Å². The van der Waals surface area contributed by atoms with Crippen molar-refractivity contribution in [2.45, 2.75) is 4.90 Å². The quantitative estimate of drug-likeness (QED) is 0.619. The highest BCUT2D eigenvalue weighted by Gasteiger charge is 2.16. The summed E-state index contributed by atoms with van der Waals surface area (Å²) in [6.07, 6.45) is 5.78. The molecule has 0 N–H and O–H groups in total. The minimum Gasteiger partial charge on any atom is -0.495 e. The van der Waals surface area contributed by atoms with E-state index in [0.717, 1.165) is 11.9 Å². The van der Waals surface area contributed by atoms with E-state index in [2.05, 4.69) is 5.10 Å². The van der Waals surface area contributed by atoms with E-state index in [4.69, 9.17) is 4.74 Å². The Bertz CT molecular complexity index is 835. The zero-order valence-corrected chi connectivity index (χ0v) is 13.3. The summed E-state index contributed by atoms with van der Waals surface area (Å²) in [5, 5.41) is 4.00. The number of aryl methyl sites for hydroxylation is 1. The van der Waals surface area contributed by atoms with Crippen molar-refractivity contribution >= 4 is 21.7 Å². The molecule has 1 aromatic heterocycles. The van der Waals surface area contributed by atoms with E-state index in [1.54, 1.807) is 30.1 Å². The molecule has 0 aliphatic heterocycles. The van der Waals surface area contributed by atoms with Crippen LogP contribution in [0.3, 0.4) is 0 Å². The van der Waals surface area contributed by atoms with E-state index in [1.165, 1.54) is 31.4 Å². The molecule has 1 aromatic carbocycles. The summed E-state index contributed by atoms with van der Waals surface area (Å²) in [6, 6.07) is 6.04. The lowest BCUT2D eigenvalue weighted by atomic mass is 10.1. The van der Waals surface area contributed by atoms with Gasteiger partial charge in [-0.2, -0.15) is 5.10 Å². The number of carbonyl (C=O) groups excluding carboxylic acids is 1. The Labute approximate surface area is 128 Å². The van der Waals surface area contributed by atoms with Gasteiger partial charge in [0.05, 0.1) is 12.8 Å². The Morgan fingerprint density at radius 1 is 1.32 bits per heavy atom. The molecule has 0 spiro atoms. The summed E-state index contributed by atoms with van der Waals surface area (Å²) in [5.74, 6) is -0.0955. The topological polar surface area (TPSA) is 78.3 Å². The van der Waals surface area contributed by atoms with E-state index in [9.17, 15) is 13.2 Å². The van der Waals surface area contributed by atoms with Gasteiger partial charge in [-0.05, 0) is 36.4 Å². The molecule has 0 radical (unpaired) electrons. The third-order valence-electron chi connectivity index (χ3n) is 3.11. The van der Waals surface area contributed by atoms with Crippen LogP contribution >= 0.6 is 0 Å². The first kappa shape index (κ1) is 16.0. The van der Waals surface area contributed by atoms with Crippen molar-refractivity contribution in [1.82, 2.24) is 9.78 Å². The second-order valence-corrected chi connectivity index (χ2v) is 6.70. The number of ether oxygens (including phenoxy) is 1. The fraction of sp³-hybridized carbons (Fsp3) is 0.200. The van der Waals surface area contributed by atoms with Gasteiger partial charge in [0.25, 0.3) is 0 Å². The summed E-state index contributed by atoms with van der Waals surface area (Å²) in [7, 11) is -0.271. The molecule has 116 valence electrons. The molecule has 6 nitrogen and oxygen atoms in total. The normalized spacial score (nSPS) is 11.8. The number of carbonyl (C=O) groups is 1. The third-order valence-corrected chi connectivity index (χ3v) is 4.25. The van der Waals surface area contributed by atoms with Crippen LogP contribution in [0.1, 0.15) is 16.1 Å². The van der Waals surface area contributed by atoms with Crippen LogP contribution in [-0.4, -0.2) is 37.3 Å². The number of allylic oxidation sites excluding steroid dienone is 1. The highest BCUT2D eigenvalue weighted by Crippen LogP contribution is 2.25. The lowest BCUT2D eigenvalue weighted by molar-refractivity contribution is 0.104. The van der Waals surface area contributed by atoms with Crippen LogP contribution in [0.5, 0.6) is 5.75 Å². The summed E-state index contributed by atoms with van der Waals surface area (Å²) < 4.78 is 29.9. The highest BCUT2D eigenvalue weighted by atomic mass is 32.2. The van der Waals surface area contributed by atoms with Crippen LogP contribution in [0, 0.1) is 0 Å². The van der Waals surface area contributed by atoms with E-state index >= 15 is 0 Å². The summed E-state index contributed by atoms with van der Waals surface area (Å²) in [6.45, 7) is 0. The van der Waals surface area contributed by atoms with E-state index < -0.39 is 9.84 Å². The number of nitrogens with zero attached hydrogens (tertiary/aromatic N) is 2. The maximum absolute atomic E-state index is 12.2. The van der Waals surface area contributed by atoms with Crippen LogP contribution in [0.2, 0.25) is 0 Å². The lowest BCUT2D eigenvalue weighted by Crippen LogP contribution is -2.03. The molecule has 2 rings (SSSR count). The summed E-state index contributed by atoms with van der Waals surface area (Å²) in [5.41, 5.74) is 1.13. The first-order valence-corrected chi connectivity index (χ1v) is 8.30. The number of methoxy groups -OCH3 is 1. The Morgan fingerprint density at radius 3 is 2.59 bits per heavy atom. The first-order chi connectivity index (χ1) is 10.3. The number of rotatable bonds is 5. The minimum absolute atomic E-state index is 0.0576. The van der Waals surface area contributed by atoms with Crippen LogP contribution in [0.15, 0.2) is 41.4 Å². The molecule has 0 saturated carbocycles. The van der Waals surface area contributed by atoms with Gasteiger partial charge < -0.3 is 4.74 Å². The van der Waals surface area contributed by atoms with Crippen LogP contribution in [-0.2, 0) is 16.9 Å². The third kappa shape index (κ3) is 3.43. The lowest BCUT2D eigenvalue weighted by Gasteiger charge is -2.07. The predicted molar refractivity (Wildman–Crippen MR) is 82.7 cm³/mol. The summed E-state index contributed by atoms with van der Waals surface area (Å²) in [4.78, 5) is 12.2. The fourth-order valence-corrected chi connectivity index (χ4v) is 2.76. The molecule has 2 aromatic rings. The molecule has 0 aliphatic rings. The predicted octanol–water partition coefficient (Wildman–Crippen LogP) is 1.73. The van der Waals surface area contributed by atoms with Gasteiger partial charge in [0.2, 0.25) is 0 Å². The Hall–Kier alpha value is -2.41. The van der Waals surface area contributed by atoms with Crippen molar-refractivity contribution in [1.29, 1.82) is 0 Å². The molecular weight excluding hydrogens is 304 g/mol. The number of hydrogen-bond acceptors (Lipinski definition) is 5. The van der Waals surface area contributed by atoms with Crippen LogP contribution < -0.4 is 4.74 Å². The fourth-order valence-electron chi connectivity index (χ4n) is 1.93. The smallest absolute Gasteiger partial charge is 0.186 e. The Morgan fingerprint density at radius 2 is 2.05 bits per heavy atom. The van der Waals surface area contributed by atoms with Crippen molar-refractivity contribution in [3.63, 3.8) is 0 Å². The molecule has 0 aliphatic carbocycles. The molecule has 1 heterocycles. The molecule has 0 saturated heterocycles. The largest absolute Gasteiger partial charge is 0.495 e.